The van der Waals surface area contributed by atoms with Crippen LogP contribution in [0.3, 0.4) is 0 Å². The molecule has 0 aliphatic carbocycles. The van der Waals surface area contributed by atoms with Crippen LogP contribution in [0.1, 0.15) is 11.1 Å². The molecule has 2 N–H and O–H groups in total. The van der Waals surface area contributed by atoms with E-state index < -0.39 is 51.9 Å². The molecule has 0 fully saturated rings. The van der Waals surface area contributed by atoms with Crippen molar-refractivity contribution in [2.24, 2.45) is 4.99 Å². The van der Waals surface area contributed by atoms with Gasteiger partial charge in [0.2, 0.25) is 6.17 Å². The molecule has 1 unspecified atom stereocenters. The van der Waals surface area contributed by atoms with Crippen LogP contribution < -0.4 is 15.5 Å². The molecule has 0 spiro atoms. The number of halogens is 3. The third kappa shape index (κ3) is 4.53. The van der Waals surface area contributed by atoms with Crippen LogP contribution in [0.25, 0.3) is 0 Å². The number of carbonyl (C=O) groups excluding carboxylic acids is 2. The number of hydrogen-bond acceptors (Lipinski definition) is 5. The Labute approximate surface area is 196 Å². The molecule has 3 aromatic carbocycles. The quantitative estimate of drug-likeness (QED) is 0.431. The summed E-state index contributed by atoms with van der Waals surface area (Å²) in [5.41, 5.74) is -0.546. The summed E-state index contributed by atoms with van der Waals surface area (Å²) >= 11 is 0. The van der Waals surface area contributed by atoms with Gasteiger partial charge in [-0.3, -0.25) is 14.9 Å². The van der Waals surface area contributed by atoms with Crippen LogP contribution >= 0.6 is 0 Å². The Morgan fingerprint density at radius 2 is 1.63 bits per heavy atom. The normalized spacial score (nSPS) is 15.1. The lowest BCUT2D eigenvalue weighted by Crippen LogP contribution is -2.47. The van der Waals surface area contributed by atoms with Crippen LogP contribution in [0.4, 0.5) is 35.0 Å². The molecular formula is C23H16F3N5O4. The van der Waals surface area contributed by atoms with Crippen LogP contribution in [0.5, 0.6) is 0 Å². The smallest absolute Gasteiger partial charge is 0.311 e. The van der Waals surface area contributed by atoms with Crippen LogP contribution in [-0.2, 0) is 4.79 Å². The number of nitro benzene ring substituents is 1. The van der Waals surface area contributed by atoms with Crippen LogP contribution in [0.2, 0.25) is 0 Å². The predicted octanol–water partition coefficient (Wildman–Crippen LogP) is 3.97. The standard InChI is InChI=1S/C23H16F3N5O4/c1-30-18-9-5-3-7-13(18)20(12-6-2-4-8-14(12)24)28-21(22(30)32)29-23(33)27-17-10-15(25)16(26)11-19(17)31(34)35/h2-11,21H,1H3,(H2,27,29,33). The molecule has 0 radical (unpaired) electrons. The summed E-state index contributed by atoms with van der Waals surface area (Å²) in [6.45, 7) is 0. The highest BCUT2D eigenvalue weighted by Gasteiger charge is 2.32. The van der Waals surface area contributed by atoms with Gasteiger partial charge in [-0.05, 0) is 18.2 Å². The number of nitrogens with one attached hydrogen (secondary N) is 2. The summed E-state index contributed by atoms with van der Waals surface area (Å²) in [7, 11) is 1.44. The van der Waals surface area contributed by atoms with Gasteiger partial charge < -0.3 is 15.5 Å². The zero-order chi connectivity index (χ0) is 25.3. The fourth-order valence-electron chi connectivity index (χ4n) is 3.55. The molecule has 3 aromatic rings. The fraction of sp³-hybridized carbons (Fsp3) is 0.0870. The zero-order valence-electron chi connectivity index (χ0n) is 18.0. The van der Waals surface area contributed by atoms with Crippen molar-refractivity contribution in [2.45, 2.75) is 6.17 Å². The number of fused-ring (bicyclic) bond motifs is 1. The molecule has 1 aliphatic heterocycles. The van der Waals surface area contributed by atoms with Gasteiger partial charge in [-0.25, -0.2) is 23.0 Å². The summed E-state index contributed by atoms with van der Waals surface area (Å²) in [5.74, 6) is -4.20. The monoisotopic (exact) mass is 483 g/mol. The summed E-state index contributed by atoms with van der Waals surface area (Å²) in [4.78, 5) is 41.4. The predicted molar refractivity (Wildman–Crippen MR) is 121 cm³/mol. The third-order valence-corrected chi connectivity index (χ3v) is 5.22. The highest BCUT2D eigenvalue weighted by atomic mass is 19.2. The summed E-state index contributed by atoms with van der Waals surface area (Å²) < 4.78 is 41.7. The zero-order valence-corrected chi connectivity index (χ0v) is 18.0. The van der Waals surface area contributed by atoms with Crippen molar-refractivity contribution in [2.75, 3.05) is 17.3 Å². The Kier molecular flexibility index (Phi) is 6.19. The van der Waals surface area contributed by atoms with Crippen molar-refractivity contribution in [3.63, 3.8) is 0 Å². The van der Waals surface area contributed by atoms with E-state index in [-0.39, 0.29) is 11.3 Å². The molecule has 0 saturated carbocycles. The van der Waals surface area contributed by atoms with Gasteiger partial charge in [0, 0.05) is 24.2 Å². The van der Waals surface area contributed by atoms with Gasteiger partial charge in [-0.1, -0.05) is 30.3 Å². The number of nitro groups is 1. The molecule has 12 heteroatoms. The number of benzene rings is 3. The fourth-order valence-corrected chi connectivity index (χ4v) is 3.55. The molecule has 0 saturated heterocycles. The molecule has 178 valence electrons. The number of anilines is 2. The van der Waals surface area contributed by atoms with Crippen LogP contribution in [-0.4, -0.2) is 35.8 Å². The highest BCUT2D eigenvalue weighted by molar-refractivity contribution is 6.20. The number of rotatable bonds is 4. The van der Waals surface area contributed by atoms with Crippen molar-refractivity contribution in [1.82, 2.24) is 5.32 Å². The average Bonchev–Trinajstić information content (AvgIpc) is 2.92. The molecule has 1 heterocycles. The summed E-state index contributed by atoms with van der Waals surface area (Å²) in [5, 5.41) is 15.5. The summed E-state index contributed by atoms with van der Waals surface area (Å²) in [6, 6.07) is 12.0. The highest BCUT2D eigenvalue weighted by Crippen LogP contribution is 2.29. The molecule has 1 aliphatic rings. The second-order valence-electron chi connectivity index (χ2n) is 7.41. The van der Waals surface area contributed by atoms with Crippen molar-refractivity contribution in [3.8, 4) is 0 Å². The Bertz CT molecular complexity index is 1400. The minimum absolute atomic E-state index is 0.0755. The first-order chi connectivity index (χ1) is 16.7. The Balaban J connectivity index is 1.72. The van der Waals surface area contributed by atoms with Crippen molar-refractivity contribution >= 4 is 34.7 Å². The maximum Gasteiger partial charge on any atom is 0.321 e. The molecule has 3 amide bonds. The molecule has 4 rings (SSSR count). The molecule has 9 nitrogen and oxygen atoms in total. The first-order valence-corrected chi connectivity index (χ1v) is 10.1. The van der Waals surface area contributed by atoms with Gasteiger partial charge >= 0.3 is 6.03 Å². The van der Waals surface area contributed by atoms with E-state index in [2.05, 4.69) is 10.3 Å². The number of urea groups is 1. The van der Waals surface area contributed by atoms with Crippen LogP contribution in [0.15, 0.2) is 65.7 Å². The van der Waals surface area contributed by atoms with Gasteiger partial charge in [0.25, 0.3) is 11.6 Å². The SMILES string of the molecule is CN1C(=O)C(NC(=O)Nc2cc(F)c(F)cc2[N+](=O)[O-])N=C(c2ccccc2F)c2ccccc21. The second-order valence-corrected chi connectivity index (χ2v) is 7.41. The van der Waals surface area contributed by atoms with Gasteiger partial charge in [0.05, 0.1) is 22.4 Å². The lowest BCUT2D eigenvalue weighted by Gasteiger charge is -2.21. The molecule has 1 atom stereocenters. The first-order valence-electron chi connectivity index (χ1n) is 10.1. The maximum absolute atomic E-state index is 14.7. The van der Waals surface area contributed by atoms with E-state index in [4.69, 9.17) is 0 Å². The van der Waals surface area contributed by atoms with E-state index in [1.165, 1.54) is 30.1 Å². The average molecular weight is 483 g/mol. The third-order valence-electron chi connectivity index (χ3n) is 5.22. The van der Waals surface area contributed by atoms with Crippen molar-refractivity contribution in [3.05, 3.63) is 99.4 Å². The van der Waals surface area contributed by atoms with Crippen LogP contribution in [0, 0.1) is 27.6 Å². The largest absolute Gasteiger partial charge is 0.321 e. The van der Waals surface area contributed by atoms with Gasteiger partial charge in [0.1, 0.15) is 11.5 Å². The lowest BCUT2D eigenvalue weighted by molar-refractivity contribution is -0.384. The number of likely N-dealkylation sites (N-methyl/N-ethyl adjacent to an activating group) is 1. The minimum Gasteiger partial charge on any atom is -0.311 e. The maximum atomic E-state index is 14.7. The van der Waals surface area contributed by atoms with E-state index in [1.807, 2.05) is 5.32 Å². The van der Waals surface area contributed by atoms with Gasteiger partial charge in [-0.2, -0.15) is 0 Å². The number of hydrogen-bond donors (Lipinski definition) is 2. The lowest BCUT2D eigenvalue weighted by atomic mass is 10.00. The first kappa shape index (κ1) is 23.4. The number of benzodiazepines with no additional fused rings is 1. The second kappa shape index (κ2) is 9.25. The van der Waals surface area contributed by atoms with E-state index in [0.717, 1.165) is 0 Å². The van der Waals surface area contributed by atoms with E-state index in [0.29, 0.717) is 23.4 Å². The minimum atomic E-state index is -1.58. The van der Waals surface area contributed by atoms with E-state index >= 15 is 0 Å². The van der Waals surface area contributed by atoms with Crippen molar-refractivity contribution < 1.29 is 27.7 Å². The Morgan fingerprint density at radius 1 is 1.00 bits per heavy atom. The molecule has 0 bridgehead atoms. The van der Waals surface area contributed by atoms with E-state index in [1.54, 1.807) is 30.3 Å². The number of carbonyl (C=O) groups is 2. The number of para-hydroxylation sites is 1. The van der Waals surface area contributed by atoms with Crippen molar-refractivity contribution in [1.29, 1.82) is 0 Å². The van der Waals surface area contributed by atoms with Gasteiger partial charge in [-0.15, -0.1) is 0 Å². The molecule has 0 aromatic heterocycles. The Morgan fingerprint density at radius 3 is 2.31 bits per heavy atom. The topological polar surface area (TPSA) is 117 Å². The molecular weight excluding hydrogens is 467 g/mol. The van der Waals surface area contributed by atoms with Gasteiger partial charge in [0.15, 0.2) is 11.6 Å². The number of amides is 3. The Hall–Kier alpha value is -4.74. The summed E-state index contributed by atoms with van der Waals surface area (Å²) in [6.07, 6.45) is -1.58. The van der Waals surface area contributed by atoms with E-state index in [9.17, 15) is 32.9 Å². The number of nitrogens with zero attached hydrogens (tertiary/aromatic N) is 3. The molecule has 35 heavy (non-hydrogen) atoms. The number of aliphatic imine (C=N–C) groups is 1.